The minimum atomic E-state index is -1.46. The Balaban J connectivity index is 1.64. The molecule has 1 amide bonds. The lowest BCUT2D eigenvalue weighted by atomic mass is 10.0. The quantitative estimate of drug-likeness (QED) is 0.153. The summed E-state index contributed by atoms with van der Waals surface area (Å²) in [5.41, 5.74) is 2.90. The largest absolute Gasteiger partial charge is 0.441 e. The third-order valence-corrected chi connectivity index (χ3v) is 5.59. The van der Waals surface area contributed by atoms with E-state index >= 15 is 0 Å². The number of rotatable bonds is 9. The van der Waals surface area contributed by atoms with E-state index in [1.54, 1.807) is 25.1 Å². The van der Waals surface area contributed by atoms with Gasteiger partial charge in [-0.15, -0.1) is 0 Å². The fourth-order valence-electron chi connectivity index (χ4n) is 3.30. The minimum Gasteiger partial charge on any atom is -0.441 e. The maximum Gasteiger partial charge on any atom is 0.414 e. The van der Waals surface area contributed by atoms with Gasteiger partial charge in [0.2, 0.25) is 0 Å². The van der Waals surface area contributed by atoms with Crippen LogP contribution < -0.4 is 10.4 Å². The molecule has 2 aromatic rings. The smallest absolute Gasteiger partial charge is 0.414 e. The Morgan fingerprint density at radius 2 is 1.85 bits per heavy atom. The maximum atomic E-state index is 14.0. The molecule has 3 rings (SSSR count). The van der Waals surface area contributed by atoms with Crippen molar-refractivity contribution in [1.29, 1.82) is 0 Å². The zero-order valence-corrected chi connectivity index (χ0v) is 18.9. The summed E-state index contributed by atoms with van der Waals surface area (Å²) >= 11 is 0.656. The first-order valence-corrected chi connectivity index (χ1v) is 10.7. The molecule has 2 aromatic carbocycles. The Kier molecular flexibility index (Phi) is 8.03. The summed E-state index contributed by atoms with van der Waals surface area (Å²) in [5.74, 6) is -5.79. The lowest BCUT2D eigenvalue weighted by molar-refractivity contribution is 0.107. The highest BCUT2D eigenvalue weighted by molar-refractivity contribution is 7.92. The van der Waals surface area contributed by atoms with Crippen LogP contribution in [-0.2, 0) is 15.6 Å². The number of nitrogens with zero attached hydrogens (tertiary/aromatic N) is 2. The maximum absolute atomic E-state index is 14.0. The fourth-order valence-corrected chi connectivity index (χ4v) is 3.74. The van der Waals surface area contributed by atoms with Crippen LogP contribution in [-0.4, -0.2) is 30.7 Å². The molecule has 0 fully saturated rings. The van der Waals surface area contributed by atoms with Crippen molar-refractivity contribution in [3.63, 3.8) is 0 Å². The zero-order valence-electron chi connectivity index (χ0n) is 18.1. The van der Waals surface area contributed by atoms with Gasteiger partial charge < -0.3 is 4.74 Å². The molecular weight excluding hydrogens is 469 g/mol. The van der Waals surface area contributed by atoms with Gasteiger partial charge in [0.05, 0.1) is 18.0 Å². The number of nitrogens with one attached hydrogen (secondary N) is 1. The van der Waals surface area contributed by atoms with Gasteiger partial charge in [0, 0.05) is 36.8 Å². The third-order valence-electron chi connectivity index (χ3n) is 5.05. The van der Waals surface area contributed by atoms with Gasteiger partial charge in [0.1, 0.15) is 18.3 Å². The first-order valence-electron chi connectivity index (χ1n) is 9.96. The molecule has 1 unspecified atom stereocenters. The number of hydrogen-bond acceptors (Lipinski definition) is 6. The number of ether oxygens (including phenoxy) is 1. The molecule has 0 saturated carbocycles. The van der Waals surface area contributed by atoms with Crippen LogP contribution in [0, 0.1) is 30.2 Å². The minimum absolute atomic E-state index is 0.172. The molecule has 0 aromatic heterocycles. The molecule has 12 heteroatoms. The standard InChI is InChI=1S/C21H22F5N3O3S/c1-11-17(23)19(25)15(20(26)18(11)24)10-28(3)33-32-27-13-5-6-16-14(9-13)12(2)31-21(30)29(16)8-4-7-22/h5-6,9,12,27H,4,7-8,10H2,1-3H3. The van der Waals surface area contributed by atoms with Crippen molar-refractivity contribution in [1.82, 2.24) is 4.31 Å². The Morgan fingerprint density at radius 1 is 1.18 bits per heavy atom. The van der Waals surface area contributed by atoms with E-state index in [1.807, 2.05) is 0 Å². The van der Waals surface area contributed by atoms with Crippen LogP contribution in [0.4, 0.5) is 38.1 Å². The average molecular weight is 491 g/mol. The summed E-state index contributed by atoms with van der Waals surface area (Å²) in [7, 11) is 1.41. The monoisotopic (exact) mass is 491 g/mol. The molecule has 0 radical (unpaired) electrons. The van der Waals surface area contributed by atoms with Crippen molar-refractivity contribution in [2.75, 3.05) is 30.6 Å². The van der Waals surface area contributed by atoms with E-state index in [2.05, 4.69) is 5.48 Å². The number of anilines is 2. The highest BCUT2D eigenvalue weighted by Gasteiger charge is 2.30. The van der Waals surface area contributed by atoms with Gasteiger partial charge in [0.15, 0.2) is 23.3 Å². The Labute approximate surface area is 191 Å². The lowest BCUT2D eigenvalue weighted by Crippen LogP contribution is -2.37. The van der Waals surface area contributed by atoms with Gasteiger partial charge in [-0.1, -0.05) is 0 Å². The molecule has 1 aliphatic rings. The molecular formula is C21H22F5N3O3S. The molecule has 1 atom stereocenters. The molecule has 33 heavy (non-hydrogen) atoms. The van der Waals surface area contributed by atoms with Gasteiger partial charge in [-0.05, 0) is 38.5 Å². The molecule has 1 aliphatic heterocycles. The second-order valence-corrected chi connectivity index (χ2v) is 8.34. The SMILES string of the molecule is Cc1c(F)c(F)c(CN(C)SONc2ccc3c(c2)C(C)OC(=O)N3CCCF)c(F)c1F. The summed E-state index contributed by atoms with van der Waals surface area (Å²) in [5, 5.41) is 0. The van der Waals surface area contributed by atoms with Crippen LogP contribution in [0.25, 0.3) is 0 Å². The Hall–Kier alpha value is -2.57. The number of alkyl halides is 1. The second kappa shape index (κ2) is 10.6. The second-order valence-electron chi connectivity index (χ2n) is 7.40. The highest BCUT2D eigenvalue weighted by atomic mass is 32.2. The number of amides is 1. The number of fused-ring (bicyclic) bond motifs is 1. The molecule has 0 saturated heterocycles. The molecule has 1 heterocycles. The molecule has 0 spiro atoms. The number of carbonyl (C=O) groups is 1. The van der Waals surface area contributed by atoms with Gasteiger partial charge >= 0.3 is 6.09 Å². The van der Waals surface area contributed by atoms with Crippen LogP contribution in [0.1, 0.15) is 36.1 Å². The van der Waals surface area contributed by atoms with Crippen molar-refractivity contribution in [2.24, 2.45) is 0 Å². The summed E-state index contributed by atoms with van der Waals surface area (Å²) in [6.07, 6.45) is -0.921. The Morgan fingerprint density at radius 3 is 2.48 bits per heavy atom. The van der Waals surface area contributed by atoms with Crippen molar-refractivity contribution in [3.8, 4) is 0 Å². The number of benzene rings is 2. The van der Waals surface area contributed by atoms with Crippen molar-refractivity contribution < 1.29 is 35.8 Å². The predicted molar refractivity (Wildman–Crippen MR) is 114 cm³/mol. The number of carbonyl (C=O) groups excluding carboxylic acids is 1. The van der Waals surface area contributed by atoms with Crippen LogP contribution in [0.2, 0.25) is 0 Å². The predicted octanol–water partition coefficient (Wildman–Crippen LogP) is 5.97. The zero-order chi connectivity index (χ0) is 24.3. The number of hydrogen-bond donors (Lipinski definition) is 1. The van der Waals surface area contributed by atoms with Crippen LogP contribution in [0.15, 0.2) is 18.2 Å². The van der Waals surface area contributed by atoms with Crippen molar-refractivity contribution in [2.45, 2.75) is 32.9 Å². The van der Waals surface area contributed by atoms with E-state index in [0.29, 0.717) is 29.2 Å². The molecule has 0 bridgehead atoms. The third kappa shape index (κ3) is 5.33. The van der Waals surface area contributed by atoms with E-state index in [-0.39, 0.29) is 13.0 Å². The molecule has 6 nitrogen and oxygen atoms in total. The summed E-state index contributed by atoms with van der Waals surface area (Å²) in [6.45, 7) is 1.78. The van der Waals surface area contributed by atoms with E-state index in [4.69, 9.17) is 9.02 Å². The van der Waals surface area contributed by atoms with E-state index in [1.165, 1.54) is 16.3 Å². The summed E-state index contributed by atoms with van der Waals surface area (Å²) < 4.78 is 79.9. The lowest BCUT2D eigenvalue weighted by Gasteiger charge is -2.32. The van der Waals surface area contributed by atoms with E-state index in [0.717, 1.165) is 6.92 Å². The van der Waals surface area contributed by atoms with Crippen LogP contribution >= 0.6 is 12.2 Å². The first-order chi connectivity index (χ1) is 15.6. The van der Waals surface area contributed by atoms with Gasteiger partial charge in [-0.3, -0.25) is 14.8 Å². The van der Waals surface area contributed by atoms with Gasteiger partial charge in [-0.2, -0.15) is 4.28 Å². The van der Waals surface area contributed by atoms with Crippen LogP contribution in [0.5, 0.6) is 0 Å². The summed E-state index contributed by atoms with van der Waals surface area (Å²) in [6, 6.07) is 4.96. The first kappa shape index (κ1) is 25.1. The Bertz CT molecular complexity index is 1010. The van der Waals surface area contributed by atoms with Gasteiger partial charge in [0.25, 0.3) is 0 Å². The topological polar surface area (TPSA) is 54.0 Å². The molecule has 1 N–H and O–H groups in total. The van der Waals surface area contributed by atoms with Crippen molar-refractivity contribution >= 4 is 29.7 Å². The van der Waals surface area contributed by atoms with Crippen molar-refractivity contribution in [3.05, 3.63) is 58.2 Å². The van der Waals surface area contributed by atoms with Gasteiger partial charge in [-0.25, -0.2) is 26.7 Å². The summed E-state index contributed by atoms with van der Waals surface area (Å²) in [4.78, 5) is 13.4. The number of halogens is 5. The average Bonchev–Trinajstić information content (AvgIpc) is 2.79. The molecule has 180 valence electrons. The highest BCUT2D eigenvalue weighted by Crippen LogP contribution is 2.36. The molecule has 0 aliphatic carbocycles. The fraction of sp³-hybridized carbons (Fsp3) is 0.381. The number of cyclic esters (lactones) is 1. The normalized spacial score (nSPS) is 15.6. The van der Waals surface area contributed by atoms with E-state index in [9.17, 15) is 26.7 Å². The van der Waals surface area contributed by atoms with E-state index < -0.39 is 59.8 Å². The van der Waals surface area contributed by atoms with Crippen LogP contribution in [0.3, 0.4) is 0 Å².